The highest BCUT2D eigenvalue weighted by Crippen LogP contribution is 2.46. The zero-order valence-corrected chi connectivity index (χ0v) is 11.0. The number of rotatable bonds is 2. The van der Waals surface area contributed by atoms with Gasteiger partial charge in [0, 0.05) is 0 Å². The third kappa shape index (κ3) is 2.32. The molecule has 2 saturated carbocycles. The Balaban J connectivity index is 1.99. The van der Waals surface area contributed by atoms with Gasteiger partial charge in [-0.15, -0.1) is 0 Å². The molecule has 2 rings (SSSR count). The molecular weight excluding hydrogens is 196 g/mol. The summed E-state index contributed by atoms with van der Waals surface area (Å²) in [7, 11) is -1.41. The van der Waals surface area contributed by atoms with Gasteiger partial charge in [-0.2, -0.15) is 0 Å². The van der Waals surface area contributed by atoms with E-state index in [9.17, 15) is 0 Å². The Kier molecular flexibility index (Phi) is 3.30. The zero-order chi connectivity index (χ0) is 11.1. The van der Waals surface area contributed by atoms with Crippen molar-refractivity contribution in [2.45, 2.75) is 26.9 Å². The van der Waals surface area contributed by atoms with Crippen molar-refractivity contribution in [3.8, 4) is 0 Å². The predicted octanol–water partition coefficient (Wildman–Crippen LogP) is 3.36. The van der Waals surface area contributed by atoms with Crippen LogP contribution in [-0.4, -0.2) is 8.07 Å². The molecule has 2 aliphatic carbocycles. The van der Waals surface area contributed by atoms with Crippen molar-refractivity contribution in [1.82, 2.24) is 0 Å². The lowest BCUT2D eigenvalue weighted by Crippen LogP contribution is -2.41. The van der Waals surface area contributed by atoms with Crippen LogP contribution in [0.15, 0.2) is 0 Å². The largest absolute Gasteiger partial charge is 0.0685 e. The Morgan fingerprint density at radius 1 is 0.733 bits per heavy atom. The van der Waals surface area contributed by atoms with E-state index in [0.717, 1.165) is 0 Å². The summed E-state index contributed by atoms with van der Waals surface area (Å²) >= 11 is 0. The monoisotopic (exact) mass is 214 g/mol. The van der Waals surface area contributed by atoms with Gasteiger partial charge in [0.25, 0.3) is 0 Å². The van der Waals surface area contributed by atoms with Gasteiger partial charge in [0.2, 0.25) is 0 Å². The van der Waals surface area contributed by atoms with Crippen LogP contribution in [0.1, 0.15) is 13.8 Å². The Morgan fingerprint density at radius 2 is 1.13 bits per heavy atom. The van der Waals surface area contributed by atoms with Crippen LogP contribution in [0.2, 0.25) is 13.1 Å². The van der Waals surface area contributed by atoms with E-state index in [2.05, 4.69) is 65.5 Å². The highest BCUT2D eigenvalue weighted by atomic mass is 28.3. The topological polar surface area (TPSA) is 0 Å². The lowest BCUT2D eigenvalue weighted by Gasteiger charge is -2.34. The molecule has 1 heteroatoms. The molecule has 0 heterocycles. The Hall–Kier alpha value is 0.217. The normalized spacial score (nSPS) is 28.0. The van der Waals surface area contributed by atoms with Crippen molar-refractivity contribution in [3.05, 3.63) is 61.4 Å². The second-order valence-electron chi connectivity index (χ2n) is 4.98. The summed E-state index contributed by atoms with van der Waals surface area (Å²) in [6, 6.07) is 0. The van der Waals surface area contributed by atoms with E-state index < -0.39 is 8.07 Å². The summed E-state index contributed by atoms with van der Waals surface area (Å²) in [5.74, 6) is 2.77. The van der Waals surface area contributed by atoms with Crippen LogP contribution in [0.3, 0.4) is 0 Å². The van der Waals surface area contributed by atoms with E-state index in [0.29, 0.717) is 0 Å². The molecule has 0 nitrogen and oxygen atoms in total. The van der Waals surface area contributed by atoms with Crippen molar-refractivity contribution < 1.29 is 0 Å². The fourth-order valence-electron chi connectivity index (χ4n) is 2.07. The average Bonchev–Trinajstić information content (AvgIpc) is 2.74. The molecule has 0 aromatic carbocycles. The van der Waals surface area contributed by atoms with Gasteiger partial charge >= 0.3 is 0 Å². The van der Waals surface area contributed by atoms with E-state index in [1.165, 1.54) is 11.8 Å². The molecule has 2 aliphatic rings. The molecule has 0 N–H and O–H groups in total. The second-order valence-corrected chi connectivity index (χ2v) is 9.38. The van der Waals surface area contributed by atoms with E-state index >= 15 is 0 Å². The molecule has 0 saturated heterocycles. The predicted molar refractivity (Wildman–Crippen MR) is 67.6 cm³/mol. The maximum atomic E-state index is 2.43. The van der Waals surface area contributed by atoms with Gasteiger partial charge in [-0.3, -0.25) is 0 Å². The first-order chi connectivity index (χ1) is 7.00. The third-order valence-electron chi connectivity index (χ3n) is 3.26. The highest BCUT2D eigenvalue weighted by Gasteiger charge is 2.45. The SMILES string of the molecule is C[C]1[CH][CH][C]([Si](C)(C)[C]2[CH][CH][C](C)[CH]2)[CH]1. The summed E-state index contributed by atoms with van der Waals surface area (Å²) in [6.45, 7) is 9.20. The van der Waals surface area contributed by atoms with E-state index in [4.69, 9.17) is 0 Å². The van der Waals surface area contributed by atoms with Crippen LogP contribution in [0.4, 0.5) is 0 Å². The van der Waals surface area contributed by atoms with Gasteiger partial charge in [0.05, 0.1) is 8.07 Å². The van der Waals surface area contributed by atoms with E-state index in [1.54, 1.807) is 11.1 Å². The minimum Gasteiger partial charge on any atom is -0.0685 e. The van der Waals surface area contributed by atoms with Crippen LogP contribution < -0.4 is 0 Å². The van der Waals surface area contributed by atoms with Gasteiger partial charge in [0.1, 0.15) is 0 Å². The summed E-state index contributed by atoms with van der Waals surface area (Å²) in [5, 5.41) is 0. The third-order valence-corrected chi connectivity index (χ3v) is 6.77. The molecule has 0 amide bonds. The second kappa shape index (κ2) is 4.23. The van der Waals surface area contributed by atoms with Crippen molar-refractivity contribution in [2.24, 2.45) is 0 Å². The van der Waals surface area contributed by atoms with Gasteiger partial charge in [-0.25, -0.2) is 0 Å². The summed E-state index contributed by atoms with van der Waals surface area (Å²) in [6.07, 6.45) is 13.7. The molecule has 78 valence electrons. The quantitative estimate of drug-likeness (QED) is 0.618. The first kappa shape index (κ1) is 11.7. The minimum absolute atomic E-state index is 1.38. The maximum Gasteiger partial charge on any atom is 0.0618 e. The van der Waals surface area contributed by atoms with E-state index in [-0.39, 0.29) is 0 Å². The highest BCUT2D eigenvalue weighted by molar-refractivity contribution is 6.89. The molecule has 0 aromatic rings. The molecule has 10 radical (unpaired) electrons. The van der Waals surface area contributed by atoms with Gasteiger partial charge in [-0.1, -0.05) is 26.9 Å². The average molecular weight is 214 g/mol. The molecule has 0 atom stereocenters. The van der Waals surface area contributed by atoms with Crippen LogP contribution in [0.25, 0.3) is 0 Å². The van der Waals surface area contributed by atoms with Crippen LogP contribution in [0.5, 0.6) is 0 Å². The minimum atomic E-state index is -1.41. The molecule has 0 unspecified atom stereocenters. The summed E-state index contributed by atoms with van der Waals surface area (Å²) in [5.41, 5.74) is 3.09. The lowest BCUT2D eigenvalue weighted by molar-refractivity contribution is 1.21. The van der Waals surface area contributed by atoms with E-state index in [1.807, 2.05) is 0 Å². The van der Waals surface area contributed by atoms with Crippen molar-refractivity contribution >= 4 is 8.07 Å². The van der Waals surface area contributed by atoms with Crippen molar-refractivity contribution in [1.29, 1.82) is 0 Å². The fraction of sp³-hybridized carbons (Fsp3) is 0.286. The summed E-state index contributed by atoms with van der Waals surface area (Å²) in [4.78, 5) is 0. The smallest absolute Gasteiger partial charge is 0.0618 e. The Bertz CT molecular complexity index is 199. The number of hydrogen-bond donors (Lipinski definition) is 0. The van der Waals surface area contributed by atoms with Crippen molar-refractivity contribution in [3.63, 3.8) is 0 Å². The fourth-order valence-corrected chi connectivity index (χ4v) is 4.58. The molecule has 0 aromatic heterocycles. The van der Waals surface area contributed by atoms with Gasteiger partial charge in [0.15, 0.2) is 0 Å². The van der Waals surface area contributed by atoms with Gasteiger partial charge < -0.3 is 0 Å². The molecule has 15 heavy (non-hydrogen) atoms. The summed E-state index contributed by atoms with van der Waals surface area (Å²) < 4.78 is 0. The Labute approximate surface area is 96.9 Å². The van der Waals surface area contributed by atoms with Crippen LogP contribution in [0, 0.1) is 61.4 Å². The molecular formula is C14H18Si. The molecule has 0 spiro atoms. The van der Waals surface area contributed by atoms with Gasteiger partial charge in [-0.05, 0) is 61.4 Å². The molecule has 2 fully saturated rings. The first-order valence-corrected chi connectivity index (χ1v) is 8.48. The molecule has 0 bridgehead atoms. The number of hydrogen-bond acceptors (Lipinski definition) is 0. The van der Waals surface area contributed by atoms with Crippen molar-refractivity contribution in [2.75, 3.05) is 0 Å². The Morgan fingerprint density at radius 3 is 1.40 bits per heavy atom. The molecule has 0 aliphatic heterocycles. The zero-order valence-electron chi connectivity index (χ0n) is 9.96. The standard InChI is InChI=1S/C14H18Si/c1-11-5-7-13(9-11)15(3,4)14-8-6-12(2)10-14/h5-10H,1-4H3. The maximum absolute atomic E-state index is 2.43. The lowest BCUT2D eigenvalue weighted by atomic mass is 10.1. The van der Waals surface area contributed by atoms with Crippen LogP contribution >= 0.6 is 0 Å². The first-order valence-electron chi connectivity index (χ1n) is 5.48. The van der Waals surface area contributed by atoms with Crippen LogP contribution in [-0.2, 0) is 0 Å².